The van der Waals surface area contributed by atoms with Gasteiger partial charge in [-0.1, -0.05) is 12.1 Å². The lowest BCUT2D eigenvalue weighted by Crippen LogP contribution is -2.19. The van der Waals surface area contributed by atoms with E-state index in [1.807, 2.05) is 0 Å². The van der Waals surface area contributed by atoms with Crippen LogP contribution in [0.3, 0.4) is 0 Å². The lowest BCUT2D eigenvalue weighted by Gasteiger charge is -2.19. The van der Waals surface area contributed by atoms with Crippen LogP contribution in [-0.4, -0.2) is 19.5 Å². The number of fused-ring (bicyclic) bond motifs is 1. The molecule has 0 amide bonds. The van der Waals surface area contributed by atoms with E-state index in [9.17, 15) is 18.0 Å². The van der Waals surface area contributed by atoms with Crippen molar-refractivity contribution in [2.75, 3.05) is 13.7 Å². The first-order valence-corrected chi connectivity index (χ1v) is 7.12. The molecule has 3 nitrogen and oxygen atoms in total. The van der Waals surface area contributed by atoms with Gasteiger partial charge in [-0.05, 0) is 42.0 Å². The van der Waals surface area contributed by atoms with Gasteiger partial charge in [0.2, 0.25) is 0 Å². The Labute approximate surface area is 136 Å². The molecule has 0 N–H and O–H groups in total. The molecule has 0 bridgehead atoms. The van der Waals surface area contributed by atoms with E-state index in [4.69, 9.17) is 9.47 Å². The number of ketones is 1. The van der Waals surface area contributed by atoms with E-state index in [1.165, 1.54) is 25.3 Å². The van der Waals surface area contributed by atoms with Crippen LogP contribution in [0, 0.1) is 0 Å². The first kappa shape index (κ1) is 16.1. The topological polar surface area (TPSA) is 35.5 Å². The molecule has 0 saturated carbocycles. The van der Waals surface area contributed by atoms with E-state index in [2.05, 4.69) is 0 Å². The minimum atomic E-state index is -4.38. The highest BCUT2D eigenvalue weighted by molar-refractivity contribution is 6.14. The Kier molecular flexibility index (Phi) is 4.05. The van der Waals surface area contributed by atoms with E-state index in [-0.39, 0.29) is 12.4 Å². The zero-order valence-corrected chi connectivity index (χ0v) is 12.7. The number of halogens is 3. The van der Waals surface area contributed by atoms with E-state index in [1.54, 1.807) is 18.2 Å². The maximum atomic E-state index is 12.6. The first-order chi connectivity index (χ1) is 11.4. The third-order valence-corrected chi connectivity index (χ3v) is 3.69. The van der Waals surface area contributed by atoms with Gasteiger partial charge in [-0.3, -0.25) is 4.79 Å². The number of Topliss-reactive ketones (excluding diaryl/α,β-unsaturated/α-hetero) is 1. The van der Waals surface area contributed by atoms with Crippen LogP contribution in [0.15, 0.2) is 48.0 Å². The van der Waals surface area contributed by atoms with Crippen molar-refractivity contribution in [3.8, 4) is 11.5 Å². The summed E-state index contributed by atoms with van der Waals surface area (Å²) >= 11 is 0. The van der Waals surface area contributed by atoms with Gasteiger partial charge >= 0.3 is 6.18 Å². The fourth-order valence-electron chi connectivity index (χ4n) is 2.41. The summed E-state index contributed by atoms with van der Waals surface area (Å²) in [5, 5.41) is 0. The van der Waals surface area contributed by atoms with E-state index in [0.717, 1.165) is 12.1 Å². The number of hydrogen-bond acceptors (Lipinski definition) is 3. The van der Waals surface area contributed by atoms with Gasteiger partial charge in [0.25, 0.3) is 0 Å². The Morgan fingerprint density at radius 1 is 1.12 bits per heavy atom. The van der Waals surface area contributed by atoms with E-state index < -0.39 is 11.7 Å². The number of ether oxygens (including phenoxy) is 2. The molecule has 2 aromatic carbocycles. The monoisotopic (exact) mass is 334 g/mol. The molecule has 0 radical (unpaired) electrons. The predicted molar refractivity (Wildman–Crippen MR) is 82.2 cm³/mol. The minimum Gasteiger partial charge on any atom is -0.497 e. The number of alkyl halides is 3. The predicted octanol–water partition coefficient (Wildman–Crippen LogP) is 4.37. The number of carbonyl (C=O) groups excluding carboxylic acids is 1. The van der Waals surface area contributed by atoms with Gasteiger partial charge in [0.1, 0.15) is 18.1 Å². The summed E-state index contributed by atoms with van der Waals surface area (Å²) in [6, 6.07) is 9.54. The lowest BCUT2D eigenvalue weighted by molar-refractivity contribution is -0.137. The molecular weight excluding hydrogens is 321 g/mol. The summed E-state index contributed by atoms with van der Waals surface area (Å²) in [7, 11) is 1.49. The Hall–Kier alpha value is -2.76. The molecular formula is C18H13F3O3. The van der Waals surface area contributed by atoms with Crippen molar-refractivity contribution in [2.45, 2.75) is 6.18 Å². The third-order valence-electron chi connectivity index (χ3n) is 3.69. The summed E-state index contributed by atoms with van der Waals surface area (Å²) in [4.78, 5) is 12.5. The quantitative estimate of drug-likeness (QED) is 0.765. The van der Waals surface area contributed by atoms with Gasteiger partial charge in [0.15, 0.2) is 5.78 Å². The Balaban J connectivity index is 1.90. The molecule has 1 aliphatic heterocycles. The number of rotatable bonds is 2. The van der Waals surface area contributed by atoms with Crippen molar-refractivity contribution in [3.05, 3.63) is 64.7 Å². The van der Waals surface area contributed by atoms with Crippen molar-refractivity contribution in [1.82, 2.24) is 0 Å². The average Bonchev–Trinajstić information content (AvgIpc) is 2.57. The van der Waals surface area contributed by atoms with Crippen molar-refractivity contribution < 1.29 is 27.4 Å². The zero-order chi connectivity index (χ0) is 17.3. The maximum Gasteiger partial charge on any atom is 0.416 e. The maximum absolute atomic E-state index is 12.6. The number of benzene rings is 2. The number of carbonyl (C=O) groups is 1. The van der Waals surface area contributed by atoms with Gasteiger partial charge in [-0.2, -0.15) is 13.2 Å². The Bertz CT molecular complexity index is 805. The molecule has 0 aliphatic carbocycles. The fourth-order valence-corrected chi connectivity index (χ4v) is 2.41. The lowest BCUT2D eigenvalue weighted by atomic mass is 9.98. The Morgan fingerprint density at radius 2 is 1.83 bits per heavy atom. The van der Waals surface area contributed by atoms with Crippen molar-refractivity contribution in [3.63, 3.8) is 0 Å². The zero-order valence-electron chi connectivity index (χ0n) is 12.7. The van der Waals surface area contributed by atoms with Gasteiger partial charge in [-0.15, -0.1) is 0 Å². The second-order valence-electron chi connectivity index (χ2n) is 5.27. The van der Waals surface area contributed by atoms with Gasteiger partial charge in [-0.25, -0.2) is 0 Å². The van der Waals surface area contributed by atoms with Crippen LogP contribution in [0.1, 0.15) is 21.5 Å². The van der Waals surface area contributed by atoms with Crippen LogP contribution in [0.25, 0.3) is 6.08 Å². The average molecular weight is 334 g/mol. The second kappa shape index (κ2) is 6.03. The van der Waals surface area contributed by atoms with E-state index >= 15 is 0 Å². The smallest absolute Gasteiger partial charge is 0.416 e. The third kappa shape index (κ3) is 3.13. The van der Waals surface area contributed by atoms with Crippen molar-refractivity contribution in [2.24, 2.45) is 0 Å². The first-order valence-electron chi connectivity index (χ1n) is 7.12. The minimum absolute atomic E-state index is 0.0686. The number of methoxy groups -OCH3 is 1. The van der Waals surface area contributed by atoms with Gasteiger partial charge < -0.3 is 9.47 Å². The van der Waals surface area contributed by atoms with Crippen molar-refractivity contribution >= 4 is 11.9 Å². The molecule has 1 heterocycles. The van der Waals surface area contributed by atoms with Crippen LogP contribution in [-0.2, 0) is 6.18 Å². The molecule has 24 heavy (non-hydrogen) atoms. The molecule has 0 fully saturated rings. The summed E-state index contributed by atoms with van der Waals surface area (Å²) in [6.45, 7) is 0.0686. The van der Waals surface area contributed by atoms with Crippen LogP contribution < -0.4 is 9.47 Å². The van der Waals surface area contributed by atoms with Crippen LogP contribution in [0.5, 0.6) is 11.5 Å². The molecule has 0 atom stereocenters. The van der Waals surface area contributed by atoms with Gasteiger partial charge in [0, 0.05) is 5.57 Å². The second-order valence-corrected chi connectivity index (χ2v) is 5.27. The van der Waals surface area contributed by atoms with Crippen LogP contribution in [0.2, 0.25) is 0 Å². The molecule has 0 unspecified atom stereocenters. The van der Waals surface area contributed by atoms with Crippen LogP contribution >= 0.6 is 0 Å². The molecule has 2 aromatic rings. The highest BCUT2D eigenvalue weighted by atomic mass is 19.4. The molecule has 6 heteroatoms. The fraction of sp³-hybridized carbons (Fsp3) is 0.167. The standard InChI is InChI=1S/C18H13F3O3/c1-23-14-6-7-16-15(9-14)17(22)12(10-24-16)8-11-2-4-13(5-3-11)18(19,20)21/h2-9H,10H2,1H3/b12-8-. The highest BCUT2D eigenvalue weighted by Gasteiger charge is 2.30. The molecule has 0 spiro atoms. The normalized spacial score (nSPS) is 15.8. The highest BCUT2D eigenvalue weighted by Crippen LogP contribution is 2.32. The summed E-state index contributed by atoms with van der Waals surface area (Å²) in [5.41, 5.74) is 0.515. The van der Waals surface area contributed by atoms with Gasteiger partial charge in [0.05, 0.1) is 18.2 Å². The number of hydrogen-bond donors (Lipinski definition) is 0. The molecule has 0 aromatic heterocycles. The summed E-state index contributed by atoms with van der Waals surface area (Å²) < 4.78 is 48.4. The van der Waals surface area contributed by atoms with Crippen molar-refractivity contribution in [1.29, 1.82) is 0 Å². The molecule has 3 rings (SSSR count). The molecule has 0 saturated heterocycles. The van der Waals surface area contributed by atoms with E-state index in [0.29, 0.717) is 28.2 Å². The molecule has 124 valence electrons. The largest absolute Gasteiger partial charge is 0.497 e. The summed E-state index contributed by atoms with van der Waals surface area (Å²) in [6.07, 6.45) is -2.85. The Morgan fingerprint density at radius 3 is 2.46 bits per heavy atom. The SMILES string of the molecule is COc1ccc2c(c1)C(=O)/C(=C\c1ccc(C(F)(F)F)cc1)CO2. The molecule has 1 aliphatic rings. The van der Waals surface area contributed by atoms with Crippen LogP contribution in [0.4, 0.5) is 13.2 Å². The summed E-state index contributed by atoms with van der Waals surface area (Å²) in [5.74, 6) is 0.766.